The van der Waals surface area contributed by atoms with E-state index in [4.69, 9.17) is 5.73 Å². The largest absolute Gasteiger partial charge is 0.381 e. The van der Waals surface area contributed by atoms with Crippen LogP contribution in [-0.4, -0.2) is 5.91 Å². The van der Waals surface area contributed by atoms with Crippen LogP contribution in [-0.2, 0) is 6.54 Å². The van der Waals surface area contributed by atoms with Gasteiger partial charge in [0.1, 0.15) is 5.82 Å². The van der Waals surface area contributed by atoms with Gasteiger partial charge in [-0.3, -0.25) is 4.79 Å². The first kappa shape index (κ1) is 14.5. The van der Waals surface area contributed by atoms with Crippen LogP contribution in [0.5, 0.6) is 0 Å². The molecule has 3 N–H and O–H groups in total. The van der Waals surface area contributed by atoms with Crippen LogP contribution in [0, 0.1) is 12.7 Å². The highest BCUT2D eigenvalue weighted by Gasteiger charge is 2.09. The Hall–Kier alpha value is -1.88. The maximum atomic E-state index is 13.6. The molecule has 1 amide bonds. The smallest absolute Gasteiger partial charge is 0.249 e. The molecule has 0 unspecified atom stereocenters. The fourth-order valence-corrected chi connectivity index (χ4v) is 2.37. The van der Waals surface area contributed by atoms with E-state index in [0.29, 0.717) is 17.7 Å². The SMILES string of the molecule is Cc1c(NCc2cc(Br)ccc2F)cccc1C(N)=O. The maximum absolute atomic E-state index is 13.6. The summed E-state index contributed by atoms with van der Waals surface area (Å²) in [6.45, 7) is 2.13. The van der Waals surface area contributed by atoms with Crippen LogP contribution >= 0.6 is 15.9 Å². The van der Waals surface area contributed by atoms with E-state index >= 15 is 0 Å². The van der Waals surface area contributed by atoms with Gasteiger partial charge in [0.15, 0.2) is 0 Å². The molecule has 0 spiro atoms. The first-order chi connectivity index (χ1) is 9.49. The van der Waals surface area contributed by atoms with Crippen LogP contribution in [0.1, 0.15) is 21.5 Å². The van der Waals surface area contributed by atoms with Gasteiger partial charge in [0.25, 0.3) is 0 Å². The number of hydrogen-bond donors (Lipinski definition) is 2. The molecule has 0 saturated carbocycles. The zero-order chi connectivity index (χ0) is 14.7. The minimum Gasteiger partial charge on any atom is -0.381 e. The molecule has 2 aromatic rings. The number of rotatable bonds is 4. The number of carbonyl (C=O) groups excluding carboxylic acids is 1. The lowest BCUT2D eigenvalue weighted by Crippen LogP contribution is -2.14. The summed E-state index contributed by atoms with van der Waals surface area (Å²) in [5.74, 6) is -0.746. The van der Waals surface area contributed by atoms with E-state index in [0.717, 1.165) is 15.7 Å². The van der Waals surface area contributed by atoms with E-state index in [9.17, 15) is 9.18 Å². The predicted octanol–water partition coefficient (Wildman–Crippen LogP) is 3.61. The van der Waals surface area contributed by atoms with Crippen LogP contribution in [0.4, 0.5) is 10.1 Å². The van der Waals surface area contributed by atoms with E-state index in [1.54, 1.807) is 31.2 Å². The van der Waals surface area contributed by atoms with Crippen LogP contribution in [0.3, 0.4) is 0 Å². The number of primary amides is 1. The molecule has 0 aliphatic rings. The summed E-state index contributed by atoms with van der Waals surface area (Å²) in [5, 5.41) is 3.12. The Kier molecular flexibility index (Phi) is 4.39. The van der Waals surface area contributed by atoms with E-state index in [2.05, 4.69) is 21.2 Å². The van der Waals surface area contributed by atoms with Crippen molar-refractivity contribution in [3.05, 3.63) is 63.4 Å². The minimum atomic E-state index is -0.472. The fraction of sp³-hybridized carbons (Fsp3) is 0.133. The first-order valence-electron chi connectivity index (χ1n) is 6.06. The molecule has 5 heteroatoms. The highest BCUT2D eigenvalue weighted by molar-refractivity contribution is 9.10. The molecular weight excluding hydrogens is 323 g/mol. The van der Waals surface area contributed by atoms with Crippen molar-refractivity contribution in [2.75, 3.05) is 5.32 Å². The Morgan fingerprint density at radius 2 is 2.10 bits per heavy atom. The lowest BCUT2D eigenvalue weighted by molar-refractivity contribution is 0.1000. The number of anilines is 1. The Morgan fingerprint density at radius 3 is 2.80 bits per heavy atom. The van der Waals surface area contributed by atoms with Gasteiger partial charge in [-0.15, -0.1) is 0 Å². The molecule has 2 aromatic carbocycles. The van der Waals surface area contributed by atoms with Crippen molar-refractivity contribution >= 4 is 27.5 Å². The number of hydrogen-bond acceptors (Lipinski definition) is 2. The van der Waals surface area contributed by atoms with Crippen LogP contribution in [0.25, 0.3) is 0 Å². The topological polar surface area (TPSA) is 55.1 Å². The molecule has 104 valence electrons. The van der Waals surface area contributed by atoms with Crippen molar-refractivity contribution in [3.8, 4) is 0 Å². The van der Waals surface area contributed by atoms with Crippen molar-refractivity contribution in [1.29, 1.82) is 0 Å². The molecule has 0 fully saturated rings. The van der Waals surface area contributed by atoms with Crippen molar-refractivity contribution in [2.45, 2.75) is 13.5 Å². The average Bonchev–Trinajstić information content (AvgIpc) is 2.41. The summed E-state index contributed by atoms with van der Waals surface area (Å²) in [6.07, 6.45) is 0. The molecule has 0 heterocycles. The monoisotopic (exact) mass is 336 g/mol. The van der Waals surface area contributed by atoms with Gasteiger partial charge in [0.2, 0.25) is 5.91 Å². The third-order valence-corrected chi connectivity index (χ3v) is 3.57. The van der Waals surface area contributed by atoms with Crippen LogP contribution in [0.15, 0.2) is 40.9 Å². The second-order valence-electron chi connectivity index (χ2n) is 4.43. The quantitative estimate of drug-likeness (QED) is 0.896. The van der Waals surface area contributed by atoms with Gasteiger partial charge in [0.05, 0.1) is 0 Å². The van der Waals surface area contributed by atoms with Gasteiger partial charge in [-0.2, -0.15) is 0 Å². The highest BCUT2D eigenvalue weighted by Crippen LogP contribution is 2.21. The zero-order valence-corrected chi connectivity index (χ0v) is 12.5. The van der Waals surface area contributed by atoms with Crippen LogP contribution < -0.4 is 11.1 Å². The molecule has 0 aliphatic heterocycles. The molecule has 0 saturated heterocycles. The molecule has 20 heavy (non-hydrogen) atoms. The third-order valence-electron chi connectivity index (χ3n) is 3.08. The lowest BCUT2D eigenvalue weighted by atomic mass is 10.1. The lowest BCUT2D eigenvalue weighted by Gasteiger charge is -2.12. The number of benzene rings is 2. The Labute approximate surface area is 125 Å². The van der Waals surface area contributed by atoms with Crippen molar-refractivity contribution in [3.63, 3.8) is 0 Å². The van der Waals surface area contributed by atoms with Gasteiger partial charge >= 0.3 is 0 Å². The van der Waals surface area contributed by atoms with Crippen molar-refractivity contribution in [1.82, 2.24) is 0 Å². The summed E-state index contributed by atoms with van der Waals surface area (Å²) in [7, 11) is 0. The molecule has 0 atom stereocenters. The van der Waals surface area contributed by atoms with Crippen molar-refractivity contribution < 1.29 is 9.18 Å². The van der Waals surface area contributed by atoms with Crippen LogP contribution in [0.2, 0.25) is 0 Å². The second-order valence-corrected chi connectivity index (χ2v) is 5.35. The van der Waals surface area contributed by atoms with Crippen molar-refractivity contribution in [2.24, 2.45) is 5.73 Å². The van der Waals surface area contributed by atoms with Gasteiger partial charge in [0, 0.05) is 27.8 Å². The predicted molar refractivity (Wildman–Crippen MR) is 81.1 cm³/mol. The normalized spacial score (nSPS) is 10.3. The summed E-state index contributed by atoms with van der Waals surface area (Å²) in [6, 6.07) is 10.0. The molecule has 0 aromatic heterocycles. The molecule has 3 nitrogen and oxygen atoms in total. The third kappa shape index (κ3) is 3.17. The Morgan fingerprint density at radius 1 is 1.35 bits per heavy atom. The number of carbonyl (C=O) groups is 1. The summed E-state index contributed by atoms with van der Waals surface area (Å²) >= 11 is 3.31. The Bertz CT molecular complexity index is 658. The molecule has 0 aliphatic carbocycles. The van der Waals surface area contributed by atoms with Gasteiger partial charge < -0.3 is 11.1 Å². The number of amides is 1. The summed E-state index contributed by atoms with van der Waals surface area (Å²) in [4.78, 5) is 11.3. The molecule has 0 radical (unpaired) electrons. The number of halogens is 2. The molecular formula is C15H14BrFN2O. The van der Waals surface area contributed by atoms with E-state index < -0.39 is 5.91 Å². The van der Waals surface area contributed by atoms with Gasteiger partial charge in [-0.1, -0.05) is 22.0 Å². The molecule has 2 rings (SSSR count). The van der Waals surface area contributed by atoms with E-state index in [1.165, 1.54) is 6.07 Å². The van der Waals surface area contributed by atoms with Gasteiger partial charge in [-0.05, 0) is 42.8 Å². The number of nitrogens with two attached hydrogens (primary N) is 1. The highest BCUT2D eigenvalue weighted by atomic mass is 79.9. The first-order valence-corrected chi connectivity index (χ1v) is 6.85. The standard InChI is InChI=1S/C15H14BrFN2O/c1-9-12(15(18)20)3-2-4-14(9)19-8-10-7-11(16)5-6-13(10)17/h2-7,19H,8H2,1H3,(H2,18,20). The zero-order valence-electron chi connectivity index (χ0n) is 10.9. The molecule has 0 bridgehead atoms. The average molecular weight is 337 g/mol. The summed E-state index contributed by atoms with van der Waals surface area (Å²) in [5.41, 5.74) is 7.83. The number of nitrogens with one attached hydrogen (secondary N) is 1. The maximum Gasteiger partial charge on any atom is 0.249 e. The second kappa shape index (κ2) is 6.05. The van der Waals surface area contributed by atoms with Gasteiger partial charge in [-0.25, -0.2) is 4.39 Å². The van der Waals surface area contributed by atoms with E-state index in [-0.39, 0.29) is 5.82 Å². The fourth-order valence-electron chi connectivity index (χ4n) is 1.96. The minimum absolute atomic E-state index is 0.274. The summed E-state index contributed by atoms with van der Waals surface area (Å²) < 4.78 is 14.5. The van der Waals surface area contributed by atoms with E-state index in [1.807, 2.05) is 6.07 Å². The Balaban J connectivity index is 2.21.